The van der Waals surface area contributed by atoms with Crippen molar-refractivity contribution in [1.82, 2.24) is 0 Å². The van der Waals surface area contributed by atoms with Gasteiger partial charge < -0.3 is 20.9 Å². The molecule has 0 radical (unpaired) electrons. The Morgan fingerprint density at radius 2 is 1.96 bits per heavy atom. The van der Waals surface area contributed by atoms with Crippen LogP contribution in [-0.2, 0) is 0 Å². The number of aliphatic hydroxyl groups excluding tert-OH is 1. The molecule has 1 aliphatic rings. The molecule has 3 rings (SSSR count). The Morgan fingerprint density at radius 1 is 1.25 bits per heavy atom. The number of benzene rings is 2. The zero-order chi connectivity index (χ0) is 17.3. The maximum absolute atomic E-state index is 12.5. The van der Waals surface area contributed by atoms with Crippen LogP contribution in [0, 0.1) is 6.92 Å². The van der Waals surface area contributed by atoms with Crippen LogP contribution in [-0.4, -0.2) is 23.1 Å². The number of amides is 1. The topological polar surface area (TPSA) is 102 Å². The van der Waals surface area contributed by atoms with E-state index in [1.54, 1.807) is 36.4 Å². The molecule has 122 valence electrons. The third-order valence-corrected chi connectivity index (χ3v) is 3.71. The first kappa shape index (κ1) is 15.8. The monoisotopic (exact) mass is 324 g/mol. The number of anilines is 1. The van der Waals surface area contributed by atoms with Crippen LogP contribution in [0.2, 0.25) is 0 Å². The Bertz CT molecular complexity index is 841. The lowest BCUT2D eigenvalue weighted by molar-refractivity contribution is 0.00782. The Balaban J connectivity index is 1.84. The summed E-state index contributed by atoms with van der Waals surface area (Å²) >= 11 is 0. The van der Waals surface area contributed by atoms with Crippen molar-refractivity contribution in [2.24, 2.45) is 5.73 Å². The van der Waals surface area contributed by atoms with E-state index in [2.05, 4.69) is 5.32 Å². The maximum Gasteiger partial charge on any atom is 0.248 e. The second kappa shape index (κ2) is 6.17. The van der Waals surface area contributed by atoms with Gasteiger partial charge in [-0.3, -0.25) is 9.59 Å². The van der Waals surface area contributed by atoms with Gasteiger partial charge in [-0.2, -0.15) is 0 Å². The molecule has 1 aliphatic heterocycles. The zero-order valence-corrected chi connectivity index (χ0v) is 12.9. The Hall–Kier alpha value is -3.12. The number of rotatable bonds is 3. The number of fused-ring (bicyclic) bond motifs is 1. The molecule has 0 aliphatic carbocycles. The highest BCUT2D eigenvalue weighted by Gasteiger charge is 2.30. The van der Waals surface area contributed by atoms with E-state index in [1.165, 1.54) is 6.20 Å². The summed E-state index contributed by atoms with van der Waals surface area (Å²) in [5.41, 5.74) is 7.65. The van der Waals surface area contributed by atoms with Crippen LogP contribution < -0.4 is 15.8 Å². The second-order valence-electron chi connectivity index (χ2n) is 5.48. The highest BCUT2D eigenvalue weighted by Crippen LogP contribution is 2.30. The summed E-state index contributed by atoms with van der Waals surface area (Å²) in [5.74, 6) is -0.451. The number of aliphatic hydroxyl groups is 1. The van der Waals surface area contributed by atoms with Gasteiger partial charge >= 0.3 is 0 Å². The minimum Gasteiger partial charge on any atom is -0.460 e. The molecule has 0 fully saturated rings. The van der Waals surface area contributed by atoms with Crippen LogP contribution in [0.25, 0.3) is 0 Å². The average Bonchev–Trinajstić information content (AvgIpc) is 2.56. The predicted molar refractivity (Wildman–Crippen MR) is 88.8 cm³/mol. The number of aryl methyl sites for hydroxylation is 1. The third-order valence-electron chi connectivity index (χ3n) is 3.71. The number of nitrogens with two attached hydrogens (primary N) is 1. The van der Waals surface area contributed by atoms with Crippen LogP contribution in [0.4, 0.5) is 5.69 Å². The largest absolute Gasteiger partial charge is 0.460 e. The molecular formula is C18H16N2O4. The number of carbonyl (C=O) groups excluding carboxylic acids is 2. The average molecular weight is 324 g/mol. The van der Waals surface area contributed by atoms with Gasteiger partial charge in [-0.15, -0.1) is 0 Å². The summed E-state index contributed by atoms with van der Waals surface area (Å²) in [6, 6.07) is 11.6. The SMILES string of the molecule is Cc1ccc2c(c1)C(=O)/C(=C\Nc1ccc(C(N)=O)cc1)C(O)O2. The lowest BCUT2D eigenvalue weighted by atomic mass is 9.98. The van der Waals surface area contributed by atoms with Gasteiger partial charge in [-0.25, -0.2) is 0 Å². The van der Waals surface area contributed by atoms with Gasteiger partial charge in [-0.1, -0.05) is 11.6 Å². The second-order valence-corrected chi connectivity index (χ2v) is 5.48. The zero-order valence-electron chi connectivity index (χ0n) is 12.9. The first-order valence-electron chi connectivity index (χ1n) is 7.32. The molecule has 2 aromatic rings. The van der Waals surface area contributed by atoms with Crippen molar-refractivity contribution in [3.8, 4) is 5.75 Å². The molecular weight excluding hydrogens is 308 g/mol. The van der Waals surface area contributed by atoms with Crippen LogP contribution in [0.3, 0.4) is 0 Å². The van der Waals surface area contributed by atoms with Crippen LogP contribution in [0.15, 0.2) is 54.2 Å². The molecule has 0 bridgehead atoms. The van der Waals surface area contributed by atoms with E-state index >= 15 is 0 Å². The Morgan fingerprint density at radius 3 is 2.62 bits per heavy atom. The molecule has 24 heavy (non-hydrogen) atoms. The van der Waals surface area contributed by atoms with Gasteiger partial charge in [0.15, 0.2) is 5.78 Å². The van der Waals surface area contributed by atoms with Crippen LogP contribution >= 0.6 is 0 Å². The molecule has 1 heterocycles. The van der Waals surface area contributed by atoms with Crippen molar-refractivity contribution in [1.29, 1.82) is 0 Å². The van der Waals surface area contributed by atoms with E-state index in [4.69, 9.17) is 10.5 Å². The lowest BCUT2D eigenvalue weighted by Gasteiger charge is -2.24. The van der Waals surface area contributed by atoms with Crippen LogP contribution in [0.5, 0.6) is 5.75 Å². The molecule has 0 saturated heterocycles. The fourth-order valence-electron chi connectivity index (χ4n) is 2.40. The van der Waals surface area contributed by atoms with Gasteiger partial charge in [0.1, 0.15) is 5.75 Å². The van der Waals surface area contributed by atoms with E-state index in [0.717, 1.165) is 5.56 Å². The van der Waals surface area contributed by atoms with E-state index in [-0.39, 0.29) is 11.4 Å². The lowest BCUT2D eigenvalue weighted by Crippen LogP contribution is -2.30. The van der Waals surface area contributed by atoms with E-state index in [0.29, 0.717) is 22.6 Å². The van der Waals surface area contributed by atoms with Gasteiger partial charge in [0.25, 0.3) is 0 Å². The normalized spacial score (nSPS) is 18.0. The maximum atomic E-state index is 12.5. The van der Waals surface area contributed by atoms with E-state index in [1.807, 2.05) is 13.0 Å². The summed E-state index contributed by atoms with van der Waals surface area (Å²) in [6.07, 6.45) is 0.0578. The number of carbonyl (C=O) groups is 2. The van der Waals surface area contributed by atoms with Crippen LogP contribution in [0.1, 0.15) is 26.3 Å². The van der Waals surface area contributed by atoms with Gasteiger partial charge in [0, 0.05) is 17.5 Å². The van der Waals surface area contributed by atoms with Crippen molar-refractivity contribution < 1.29 is 19.4 Å². The number of primary amides is 1. The minimum atomic E-state index is -1.34. The Labute approximate surface area is 138 Å². The molecule has 0 aromatic heterocycles. The number of Topliss-reactive ketones (excluding diaryl/α,β-unsaturated/α-hetero) is 1. The number of hydrogen-bond donors (Lipinski definition) is 3. The summed E-state index contributed by atoms with van der Waals surface area (Å²) < 4.78 is 5.37. The molecule has 6 heteroatoms. The molecule has 0 saturated carbocycles. The number of nitrogens with one attached hydrogen (secondary N) is 1. The first-order chi connectivity index (χ1) is 11.5. The summed E-state index contributed by atoms with van der Waals surface area (Å²) in [5, 5.41) is 12.9. The first-order valence-corrected chi connectivity index (χ1v) is 7.32. The molecule has 1 atom stereocenters. The van der Waals surface area contributed by atoms with Gasteiger partial charge in [-0.05, 0) is 43.3 Å². The summed E-state index contributed by atoms with van der Waals surface area (Å²) in [6.45, 7) is 1.88. The van der Waals surface area contributed by atoms with Gasteiger partial charge in [0.2, 0.25) is 12.2 Å². The molecule has 2 aromatic carbocycles. The quantitative estimate of drug-likeness (QED) is 0.749. The van der Waals surface area contributed by atoms with Crippen molar-refractivity contribution in [3.05, 3.63) is 70.9 Å². The fourth-order valence-corrected chi connectivity index (χ4v) is 2.40. The van der Waals surface area contributed by atoms with Crippen molar-refractivity contribution in [2.75, 3.05) is 5.32 Å². The smallest absolute Gasteiger partial charge is 0.248 e. The number of ether oxygens (including phenoxy) is 1. The summed E-state index contributed by atoms with van der Waals surface area (Å²) in [7, 11) is 0. The minimum absolute atomic E-state index is 0.104. The highest BCUT2D eigenvalue weighted by atomic mass is 16.6. The summed E-state index contributed by atoms with van der Waals surface area (Å²) in [4.78, 5) is 23.6. The van der Waals surface area contributed by atoms with E-state index < -0.39 is 12.2 Å². The van der Waals surface area contributed by atoms with Crippen molar-refractivity contribution in [3.63, 3.8) is 0 Å². The predicted octanol–water partition coefficient (Wildman–Crippen LogP) is 1.98. The van der Waals surface area contributed by atoms with Gasteiger partial charge in [0.05, 0.1) is 11.1 Å². The van der Waals surface area contributed by atoms with Crippen molar-refractivity contribution in [2.45, 2.75) is 13.2 Å². The Kier molecular flexibility index (Phi) is 4.05. The van der Waals surface area contributed by atoms with Crippen molar-refractivity contribution >= 4 is 17.4 Å². The number of ketones is 1. The molecule has 4 N–H and O–H groups in total. The molecule has 6 nitrogen and oxygen atoms in total. The number of hydrogen-bond acceptors (Lipinski definition) is 5. The highest BCUT2D eigenvalue weighted by molar-refractivity contribution is 6.12. The third kappa shape index (κ3) is 3.00. The molecule has 0 spiro atoms. The molecule has 1 amide bonds. The van der Waals surface area contributed by atoms with E-state index in [9.17, 15) is 14.7 Å². The molecule has 1 unspecified atom stereocenters. The standard InChI is InChI=1S/C18H16N2O4/c1-10-2-7-15-13(8-10)16(21)14(18(23)24-15)9-20-12-5-3-11(4-6-12)17(19)22/h2-9,18,20,23H,1H3,(H2,19,22)/b14-9+. The fraction of sp³-hybridized carbons (Fsp3) is 0.111.